The number of likely N-dealkylation sites (tertiary alicyclic amines) is 1. The van der Waals surface area contributed by atoms with Crippen molar-refractivity contribution < 1.29 is 14.3 Å². The summed E-state index contributed by atoms with van der Waals surface area (Å²) in [6, 6.07) is 7.57. The summed E-state index contributed by atoms with van der Waals surface area (Å²) in [5.41, 5.74) is 1.05. The maximum Gasteiger partial charge on any atom is 0.410 e. The summed E-state index contributed by atoms with van der Waals surface area (Å²) < 4.78 is 11.1. The highest BCUT2D eigenvalue weighted by Gasteiger charge is 2.35. The lowest BCUT2D eigenvalue weighted by Gasteiger charge is -2.39. The van der Waals surface area contributed by atoms with Gasteiger partial charge in [-0.05, 0) is 45.4 Å². The van der Waals surface area contributed by atoms with E-state index in [0.717, 1.165) is 5.56 Å². The van der Waals surface area contributed by atoms with Crippen molar-refractivity contribution in [3.8, 4) is 11.8 Å². The van der Waals surface area contributed by atoms with Crippen molar-refractivity contribution >= 4 is 6.09 Å². The van der Waals surface area contributed by atoms with Gasteiger partial charge in [-0.3, -0.25) is 0 Å². The quantitative estimate of drug-likeness (QED) is 0.839. The molecule has 112 valence electrons. The minimum Gasteiger partial charge on any atom is -0.485 e. The van der Waals surface area contributed by atoms with Crippen LogP contribution in [0.25, 0.3) is 0 Å². The molecular weight excluding hydrogens is 268 g/mol. The number of amides is 1. The lowest BCUT2D eigenvalue weighted by Crippen LogP contribution is -2.57. The molecule has 0 aliphatic carbocycles. The van der Waals surface area contributed by atoms with E-state index in [1.54, 1.807) is 11.0 Å². The largest absolute Gasteiger partial charge is 0.485 e. The Morgan fingerprint density at radius 2 is 2.05 bits per heavy atom. The van der Waals surface area contributed by atoms with Crippen molar-refractivity contribution in [1.29, 1.82) is 5.26 Å². The number of benzene rings is 1. The minimum atomic E-state index is -0.493. The number of nitriles is 1. The van der Waals surface area contributed by atoms with E-state index in [1.807, 2.05) is 39.8 Å². The first-order valence-electron chi connectivity index (χ1n) is 6.94. The molecular formula is C16H20N2O3. The van der Waals surface area contributed by atoms with Gasteiger partial charge in [-0.1, -0.05) is 6.07 Å². The Morgan fingerprint density at radius 3 is 2.62 bits per heavy atom. The number of aryl methyl sites for hydroxylation is 1. The van der Waals surface area contributed by atoms with E-state index in [4.69, 9.17) is 14.7 Å². The van der Waals surface area contributed by atoms with Gasteiger partial charge in [-0.15, -0.1) is 0 Å². The fraction of sp³-hybridized carbons (Fsp3) is 0.500. The van der Waals surface area contributed by atoms with Crippen LogP contribution in [0.5, 0.6) is 5.75 Å². The number of carbonyl (C=O) groups is 1. The third-order valence-electron chi connectivity index (χ3n) is 3.05. The summed E-state index contributed by atoms with van der Waals surface area (Å²) in [6.45, 7) is 8.42. The van der Waals surface area contributed by atoms with E-state index in [0.29, 0.717) is 24.4 Å². The highest BCUT2D eigenvalue weighted by molar-refractivity contribution is 5.69. The molecule has 1 aromatic carbocycles. The van der Waals surface area contributed by atoms with Gasteiger partial charge >= 0.3 is 6.09 Å². The zero-order chi connectivity index (χ0) is 15.6. The van der Waals surface area contributed by atoms with Crippen LogP contribution in [0.3, 0.4) is 0 Å². The molecule has 1 aliphatic heterocycles. The van der Waals surface area contributed by atoms with E-state index in [2.05, 4.69) is 6.07 Å². The molecule has 0 atom stereocenters. The number of nitrogens with zero attached hydrogens (tertiary/aromatic N) is 2. The van der Waals surface area contributed by atoms with Crippen molar-refractivity contribution in [3.63, 3.8) is 0 Å². The molecule has 0 spiro atoms. The molecule has 0 aromatic heterocycles. The topological polar surface area (TPSA) is 62.6 Å². The summed E-state index contributed by atoms with van der Waals surface area (Å²) in [4.78, 5) is 13.4. The molecule has 0 unspecified atom stereocenters. The van der Waals surface area contributed by atoms with Gasteiger partial charge in [-0.2, -0.15) is 5.26 Å². The Balaban J connectivity index is 1.90. The molecule has 0 bridgehead atoms. The predicted molar refractivity (Wildman–Crippen MR) is 78.1 cm³/mol. The second kappa shape index (κ2) is 5.65. The Hall–Kier alpha value is -2.22. The van der Waals surface area contributed by atoms with Gasteiger partial charge in [0.05, 0.1) is 18.7 Å². The molecule has 1 amide bonds. The highest BCUT2D eigenvalue weighted by Crippen LogP contribution is 2.24. The number of hydrogen-bond donors (Lipinski definition) is 0. The zero-order valence-electron chi connectivity index (χ0n) is 12.8. The molecule has 0 N–H and O–H groups in total. The zero-order valence-corrected chi connectivity index (χ0v) is 12.8. The molecule has 1 fully saturated rings. The average Bonchev–Trinajstić information content (AvgIpc) is 2.31. The Kier molecular flexibility index (Phi) is 4.08. The third kappa shape index (κ3) is 3.88. The standard InChI is InChI=1S/C16H20N2O3/c1-11-5-6-12(8-17)14(7-11)20-13-9-18(10-13)15(19)21-16(2,3)4/h5-7,13H,9-10H2,1-4H3. The second-order valence-electron chi connectivity index (χ2n) is 6.24. The summed E-state index contributed by atoms with van der Waals surface area (Å²) in [5.74, 6) is 0.575. The van der Waals surface area contributed by atoms with Crippen LogP contribution in [0, 0.1) is 18.3 Å². The van der Waals surface area contributed by atoms with Gasteiger partial charge in [0.1, 0.15) is 23.5 Å². The summed E-state index contributed by atoms with van der Waals surface area (Å²) in [6.07, 6.45) is -0.418. The van der Waals surface area contributed by atoms with Crippen LogP contribution >= 0.6 is 0 Å². The molecule has 1 aromatic rings. The van der Waals surface area contributed by atoms with Gasteiger partial charge in [-0.25, -0.2) is 4.79 Å². The number of ether oxygens (including phenoxy) is 2. The van der Waals surface area contributed by atoms with Crippen LogP contribution in [-0.2, 0) is 4.74 Å². The van der Waals surface area contributed by atoms with E-state index < -0.39 is 5.60 Å². The molecule has 5 heteroatoms. The van der Waals surface area contributed by atoms with Crippen molar-refractivity contribution in [1.82, 2.24) is 4.90 Å². The fourth-order valence-electron chi connectivity index (χ4n) is 1.99. The fourth-order valence-corrected chi connectivity index (χ4v) is 1.99. The number of carbonyl (C=O) groups excluding carboxylic acids is 1. The van der Waals surface area contributed by atoms with Gasteiger partial charge in [0.15, 0.2) is 0 Å². The van der Waals surface area contributed by atoms with Crippen LogP contribution in [-0.4, -0.2) is 35.8 Å². The third-order valence-corrected chi connectivity index (χ3v) is 3.05. The first-order chi connectivity index (χ1) is 9.78. The molecule has 1 saturated heterocycles. The molecule has 0 radical (unpaired) electrons. The molecule has 2 rings (SSSR count). The monoisotopic (exact) mass is 288 g/mol. The molecule has 21 heavy (non-hydrogen) atoms. The second-order valence-corrected chi connectivity index (χ2v) is 6.24. The van der Waals surface area contributed by atoms with E-state index in [1.165, 1.54) is 0 Å². The Labute approximate surface area is 125 Å². The Bertz CT molecular complexity index is 578. The summed E-state index contributed by atoms with van der Waals surface area (Å²) in [5, 5.41) is 9.07. The number of hydrogen-bond acceptors (Lipinski definition) is 4. The summed E-state index contributed by atoms with van der Waals surface area (Å²) in [7, 11) is 0. The summed E-state index contributed by atoms with van der Waals surface area (Å²) >= 11 is 0. The van der Waals surface area contributed by atoms with Crippen molar-refractivity contribution in [2.45, 2.75) is 39.4 Å². The van der Waals surface area contributed by atoms with Crippen LogP contribution in [0.1, 0.15) is 31.9 Å². The normalized spacial score (nSPS) is 15.1. The lowest BCUT2D eigenvalue weighted by molar-refractivity contribution is -0.0222. The van der Waals surface area contributed by atoms with E-state index in [9.17, 15) is 4.79 Å². The van der Waals surface area contributed by atoms with Crippen LogP contribution in [0.4, 0.5) is 4.79 Å². The molecule has 0 saturated carbocycles. The number of rotatable bonds is 2. The minimum absolute atomic E-state index is 0.0913. The van der Waals surface area contributed by atoms with Gasteiger partial charge in [0.2, 0.25) is 0 Å². The van der Waals surface area contributed by atoms with Gasteiger partial charge in [0, 0.05) is 0 Å². The first kappa shape index (κ1) is 15.2. The first-order valence-corrected chi connectivity index (χ1v) is 6.94. The Morgan fingerprint density at radius 1 is 1.38 bits per heavy atom. The van der Waals surface area contributed by atoms with Crippen LogP contribution in [0.15, 0.2) is 18.2 Å². The molecule has 1 aliphatic rings. The maximum absolute atomic E-state index is 11.8. The SMILES string of the molecule is Cc1ccc(C#N)c(OC2CN(C(=O)OC(C)(C)C)C2)c1. The van der Waals surface area contributed by atoms with Gasteiger partial charge in [0.25, 0.3) is 0 Å². The van der Waals surface area contributed by atoms with Crippen molar-refractivity contribution in [3.05, 3.63) is 29.3 Å². The van der Waals surface area contributed by atoms with E-state index in [-0.39, 0.29) is 12.2 Å². The van der Waals surface area contributed by atoms with Crippen molar-refractivity contribution in [2.75, 3.05) is 13.1 Å². The van der Waals surface area contributed by atoms with E-state index >= 15 is 0 Å². The predicted octanol–water partition coefficient (Wildman–Crippen LogP) is 2.86. The lowest BCUT2D eigenvalue weighted by atomic mass is 10.1. The smallest absolute Gasteiger partial charge is 0.410 e. The van der Waals surface area contributed by atoms with Gasteiger partial charge < -0.3 is 14.4 Å². The van der Waals surface area contributed by atoms with Crippen molar-refractivity contribution in [2.24, 2.45) is 0 Å². The van der Waals surface area contributed by atoms with Crippen LogP contribution < -0.4 is 4.74 Å². The van der Waals surface area contributed by atoms with Crippen LogP contribution in [0.2, 0.25) is 0 Å². The molecule has 1 heterocycles. The average molecular weight is 288 g/mol. The molecule has 5 nitrogen and oxygen atoms in total. The highest BCUT2D eigenvalue weighted by atomic mass is 16.6. The maximum atomic E-state index is 11.8.